The third-order valence-electron chi connectivity index (χ3n) is 2.77. The van der Waals surface area contributed by atoms with Gasteiger partial charge in [0, 0.05) is 13.1 Å². The van der Waals surface area contributed by atoms with Crippen LogP contribution in [-0.2, 0) is 33.6 Å². The molecule has 198 valence electrons. The highest BCUT2D eigenvalue weighted by molar-refractivity contribution is 5.85. The zero-order valence-electron chi connectivity index (χ0n) is 18.9. The van der Waals surface area contributed by atoms with Gasteiger partial charge < -0.3 is 37.6 Å². The minimum absolute atomic E-state index is 0.0703. The van der Waals surface area contributed by atoms with Crippen LogP contribution in [0.3, 0.4) is 0 Å². The Labute approximate surface area is 200 Å². The number of rotatable bonds is 14. The number of hydrogen-bond acceptors (Lipinski definition) is 9. The molecule has 0 aromatic carbocycles. The molecule has 0 saturated heterocycles. The highest BCUT2D eigenvalue weighted by Crippen LogP contribution is 1.94. The lowest BCUT2D eigenvalue weighted by Crippen LogP contribution is -2.43. The third kappa shape index (κ3) is 44.0. The molecule has 0 bridgehead atoms. The van der Waals surface area contributed by atoms with Crippen molar-refractivity contribution in [2.24, 2.45) is 17.2 Å². The monoisotopic (exact) mass is 505 g/mol. The predicted molar refractivity (Wildman–Crippen MR) is 122 cm³/mol. The molecule has 35 heavy (non-hydrogen) atoms. The summed E-state index contributed by atoms with van der Waals surface area (Å²) in [5, 5.41) is 34.5. The van der Waals surface area contributed by atoms with E-state index in [1.807, 2.05) is 0 Å². The maximum Gasteiger partial charge on any atom is 0.317 e. The summed E-state index contributed by atoms with van der Waals surface area (Å²) in [6, 6.07) is 0. The molecule has 0 rings (SSSR count). The van der Waals surface area contributed by atoms with Crippen LogP contribution in [-0.4, -0.2) is 111 Å². The van der Waals surface area contributed by atoms with Gasteiger partial charge in [0.1, 0.15) is 0 Å². The molecule has 10 N–H and O–H groups in total. The first kappa shape index (κ1) is 37.7. The van der Waals surface area contributed by atoms with Crippen molar-refractivity contribution in [2.45, 2.75) is 0 Å². The number of carboxylic acids is 4. The molecule has 0 heterocycles. The van der Waals surface area contributed by atoms with E-state index in [4.69, 9.17) is 20.4 Å². The average molecular weight is 505 g/mol. The normalized spacial score (nSPS) is 8.86. The summed E-state index contributed by atoms with van der Waals surface area (Å²) >= 11 is 0. The quantitative estimate of drug-likeness (QED) is 0.115. The van der Waals surface area contributed by atoms with Crippen LogP contribution in [0.4, 0.5) is 0 Å². The number of carboxylic acid groups (broad SMARTS) is 4. The molecule has 0 unspecified atom stereocenters. The van der Waals surface area contributed by atoms with E-state index < -0.39 is 67.8 Å². The summed E-state index contributed by atoms with van der Waals surface area (Å²) < 4.78 is 0. The number of carbonyl (C=O) groups excluding carboxylic acids is 3. The highest BCUT2D eigenvalue weighted by atomic mass is 16.4. The second kappa shape index (κ2) is 24.1. The van der Waals surface area contributed by atoms with Crippen LogP contribution in [0.5, 0.6) is 0 Å². The van der Waals surface area contributed by atoms with Crippen molar-refractivity contribution >= 4 is 41.6 Å². The molecule has 0 radical (unpaired) electrons. The molecule has 0 aromatic heterocycles. The van der Waals surface area contributed by atoms with E-state index in [2.05, 4.69) is 36.9 Å². The van der Waals surface area contributed by atoms with Crippen molar-refractivity contribution in [2.75, 3.05) is 39.3 Å². The maximum atomic E-state index is 10.6. The van der Waals surface area contributed by atoms with Gasteiger partial charge in [-0.15, -0.1) is 0 Å². The average Bonchev–Trinajstić information content (AvgIpc) is 2.71. The summed E-state index contributed by atoms with van der Waals surface area (Å²) in [4.78, 5) is 72.8. The zero-order valence-corrected chi connectivity index (χ0v) is 18.9. The minimum Gasteiger partial charge on any atom is -0.480 e. The van der Waals surface area contributed by atoms with Crippen LogP contribution in [0, 0.1) is 0 Å². The van der Waals surface area contributed by atoms with Gasteiger partial charge in [-0.05, 0) is 18.2 Å². The van der Waals surface area contributed by atoms with Crippen molar-refractivity contribution in [3.63, 3.8) is 0 Å². The molecule has 3 amide bonds. The van der Waals surface area contributed by atoms with E-state index in [9.17, 15) is 33.6 Å². The van der Waals surface area contributed by atoms with Crippen LogP contribution >= 0.6 is 0 Å². The summed E-state index contributed by atoms with van der Waals surface area (Å²) in [6.07, 6.45) is 3.17. The SMILES string of the molecule is C=CC(N)=O.C=CC(N)=O.C=CC(N)=O.O=C(O)CN(CCN(CC(=O)O)CC(=O)O)CC(=O)O. The number of primary amides is 3. The molecule has 0 spiro atoms. The fourth-order valence-electron chi connectivity index (χ4n) is 1.48. The van der Waals surface area contributed by atoms with E-state index >= 15 is 0 Å². The maximum absolute atomic E-state index is 10.6. The second-order valence-corrected chi connectivity index (χ2v) is 5.82. The van der Waals surface area contributed by atoms with Crippen LogP contribution in [0.2, 0.25) is 0 Å². The van der Waals surface area contributed by atoms with Crippen molar-refractivity contribution in [3.05, 3.63) is 38.0 Å². The number of aliphatic carboxylic acids is 4. The molecule has 0 atom stereocenters. The third-order valence-corrected chi connectivity index (χ3v) is 2.77. The first-order valence-corrected chi connectivity index (χ1v) is 9.09. The van der Waals surface area contributed by atoms with Gasteiger partial charge in [-0.3, -0.25) is 43.4 Å². The Morgan fingerprint density at radius 1 is 0.514 bits per heavy atom. The standard InChI is InChI=1S/C10H16N2O8.3C3H5NO/c13-7(14)3-11(4-8(15)16)1-2-12(5-9(17)18)6-10(19)20;3*1-2-3(4)5/h1-6H2,(H,13,14)(H,15,16)(H,17,18)(H,19,20);3*2H,1H2,(H2,4,5). The highest BCUT2D eigenvalue weighted by Gasteiger charge is 2.17. The van der Waals surface area contributed by atoms with Gasteiger partial charge in [-0.1, -0.05) is 19.7 Å². The Morgan fingerprint density at radius 2 is 0.657 bits per heavy atom. The van der Waals surface area contributed by atoms with Crippen molar-refractivity contribution in [3.8, 4) is 0 Å². The molecular weight excluding hydrogens is 474 g/mol. The van der Waals surface area contributed by atoms with Gasteiger partial charge in [0.2, 0.25) is 17.7 Å². The molecule has 16 heteroatoms. The van der Waals surface area contributed by atoms with Gasteiger partial charge >= 0.3 is 23.9 Å². The van der Waals surface area contributed by atoms with E-state index in [1.165, 1.54) is 0 Å². The van der Waals surface area contributed by atoms with Crippen LogP contribution < -0.4 is 17.2 Å². The van der Waals surface area contributed by atoms with Crippen molar-refractivity contribution in [1.82, 2.24) is 9.80 Å². The predicted octanol–water partition coefficient (Wildman–Crippen LogP) is -3.10. The first-order chi connectivity index (χ1) is 16.0. The Hall–Kier alpha value is -4.57. The van der Waals surface area contributed by atoms with E-state index in [0.29, 0.717) is 0 Å². The smallest absolute Gasteiger partial charge is 0.317 e. The number of nitrogens with zero attached hydrogens (tertiary/aromatic N) is 2. The van der Waals surface area contributed by atoms with E-state index in [-0.39, 0.29) is 13.1 Å². The number of nitrogens with two attached hydrogens (primary N) is 3. The van der Waals surface area contributed by atoms with Gasteiger partial charge in [-0.2, -0.15) is 0 Å². The summed E-state index contributed by atoms with van der Waals surface area (Å²) in [7, 11) is 0. The van der Waals surface area contributed by atoms with Gasteiger partial charge in [-0.25, -0.2) is 0 Å². The largest absolute Gasteiger partial charge is 0.480 e. The Morgan fingerprint density at radius 3 is 0.743 bits per heavy atom. The van der Waals surface area contributed by atoms with Crippen LogP contribution in [0.1, 0.15) is 0 Å². The minimum atomic E-state index is -1.23. The number of carbonyl (C=O) groups is 7. The fraction of sp³-hybridized carbons (Fsp3) is 0.316. The number of hydrogen-bond donors (Lipinski definition) is 7. The molecular formula is C19H31N5O11. The Kier molecular flexibility index (Phi) is 26.0. The summed E-state index contributed by atoms with van der Waals surface area (Å²) in [5.74, 6) is -6.35. The molecule has 0 aromatic rings. The van der Waals surface area contributed by atoms with Crippen LogP contribution in [0.25, 0.3) is 0 Å². The molecule has 0 fully saturated rings. The zero-order chi connectivity index (χ0) is 28.6. The van der Waals surface area contributed by atoms with Crippen molar-refractivity contribution in [1.29, 1.82) is 0 Å². The van der Waals surface area contributed by atoms with Crippen molar-refractivity contribution < 1.29 is 54.0 Å². The van der Waals surface area contributed by atoms with E-state index in [1.54, 1.807) is 0 Å². The van der Waals surface area contributed by atoms with Gasteiger partial charge in [0.05, 0.1) is 26.2 Å². The molecule has 0 aliphatic carbocycles. The molecule has 0 aliphatic heterocycles. The summed E-state index contributed by atoms with van der Waals surface area (Å²) in [5.41, 5.74) is 13.6. The van der Waals surface area contributed by atoms with Gasteiger partial charge in [0.25, 0.3) is 0 Å². The lowest BCUT2D eigenvalue weighted by molar-refractivity contribution is -0.145. The molecule has 0 saturated carbocycles. The van der Waals surface area contributed by atoms with E-state index in [0.717, 1.165) is 28.0 Å². The lowest BCUT2D eigenvalue weighted by Gasteiger charge is -2.23. The topological polar surface area (TPSA) is 285 Å². The van der Waals surface area contributed by atoms with Gasteiger partial charge in [0.15, 0.2) is 0 Å². The first-order valence-electron chi connectivity index (χ1n) is 9.09. The second-order valence-electron chi connectivity index (χ2n) is 5.82. The van der Waals surface area contributed by atoms with Crippen LogP contribution in [0.15, 0.2) is 38.0 Å². The molecule has 0 aliphatic rings. The summed E-state index contributed by atoms with van der Waals surface area (Å²) in [6.45, 7) is 7.01. The Balaban J connectivity index is -0.000000258. The molecule has 16 nitrogen and oxygen atoms in total. The fourth-order valence-corrected chi connectivity index (χ4v) is 1.48. The lowest BCUT2D eigenvalue weighted by atomic mass is 10.4. The number of amides is 3. The Bertz CT molecular complexity index is 657.